The summed E-state index contributed by atoms with van der Waals surface area (Å²) in [5.74, 6) is -0.996. The molecule has 0 bridgehead atoms. The highest BCUT2D eigenvalue weighted by Gasteiger charge is 2.15. The van der Waals surface area contributed by atoms with Gasteiger partial charge in [-0.2, -0.15) is 0 Å². The van der Waals surface area contributed by atoms with E-state index in [-0.39, 0.29) is 5.76 Å². The number of fused-ring (bicyclic) bond motifs is 1. The predicted octanol–water partition coefficient (Wildman–Crippen LogP) is 4.48. The third-order valence-electron chi connectivity index (χ3n) is 3.77. The summed E-state index contributed by atoms with van der Waals surface area (Å²) in [6.45, 7) is 6.32. The van der Waals surface area contributed by atoms with Gasteiger partial charge in [-0.05, 0) is 55.5 Å². The van der Waals surface area contributed by atoms with Crippen molar-refractivity contribution >= 4 is 16.9 Å². The van der Waals surface area contributed by atoms with Gasteiger partial charge >= 0.3 is 5.97 Å². The summed E-state index contributed by atoms with van der Waals surface area (Å²) >= 11 is 0. The zero-order valence-corrected chi connectivity index (χ0v) is 11.7. The number of carbonyl (C=O) groups is 1. The van der Waals surface area contributed by atoms with Gasteiger partial charge in [0, 0.05) is 5.39 Å². The molecule has 2 rings (SSSR count). The summed E-state index contributed by atoms with van der Waals surface area (Å²) in [6.07, 6.45) is 4.60. The van der Waals surface area contributed by atoms with Crippen LogP contribution in [0.4, 0.5) is 0 Å². The van der Waals surface area contributed by atoms with E-state index in [0.717, 1.165) is 23.8 Å². The second-order valence-corrected chi connectivity index (χ2v) is 5.07. The zero-order chi connectivity index (χ0) is 14.0. The van der Waals surface area contributed by atoms with Crippen molar-refractivity contribution in [2.24, 2.45) is 0 Å². The molecule has 0 saturated carbocycles. The molecule has 19 heavy (non-hydrogen) atoms. The maximum atomic E-state index is 11.0. The van der Waals surface area contributed by atoms with Gasteiger partial charge in [-0.3, -0.25) is 0 Å². The predicted molar refractivity (Wildman–Crippen MR) is 75.9 cm³/mol. The zero-order valence-electron chi connectivity index (χ0n) is 11.7. The molecule has 1 aromatic heterocycles. The lowest BCUT2D eigenvalue weighted by atomic mass is 9.96. The lowest BCUT2D eigenvalue weighted by molar-refractivity contribution is 0.0665. The second kappa shape index (κ2) is 5.47. The molecule has 102 valence electrons. The maximum Gasteiger partial charge on any atom is 0.371 e. The first-order valence-electron chi connectivity index (χ1n) is 6.80. The Bertz CT molecular complexity index is 608. The van der Waals surface area contributed by atoms with E-state index in [4.69, 9.17) is 9.52 Å². The average Bonchev–Trinajstić information content (AvgIpc) is 2.80. The minimum atomic E-state index is -1.01. The van der Waals surface area contributed by atoms with Gasteiger partial charge < -0.3 is 9.52 Å². The molecule has 1 aromatic carbocycles. The number of carboxylic acid groups (broad SMARTS) is 1. The Balaban J connectivity index is 2.44. The van der Waals surface area contributed by atoms with E-state index in [9.17, 15) is 4.79 Å². The van der Waals surface area contributed by atoms with E-state index in [0.29, 0.717) is 5.58 Å². The molecule has 0 spiro atoms. The third kappa shape index (κ3) is 2.65. The summed E-state index contributed by atoms with van der Waals surface area (Å²) in [7, 11) is 0. The summed E-state index contributed by atoms with van der Waals surface area (Å²) < 4.78 is 5.41. The van der Waals surface area contributed by atoms with Crippen LogP contribution in [0.5, 0.6) is 0 Å². The lowest BCUT2D eigenvalue weighted by Crippen LogP contribution is -1.93. The summed E-state index contributed by atoms with van der Waals surface area (Å²) in [5.41, 5.74) is 4.33. The van der Waals surface area contributed by atoms with Gasteiger partial charge in [0.1, 0.15) is 5.58 Å². The fourth-order valence-electron chi connectivity index (χ4n) is 2.45. The molecule has 0 aliphatic carbocycles. The van der Waals surface area contributed by atoms with E-state index < -0.39 is 5.97 Å². The van der Waals surface area contributed by atoms with Gasteiger partial charge in [-0.15, -0.1) is 0 Å². The lowest BCUT2D eigenvalue weighted by Gasteiger charge is -2.09. The van der Waals surface area contributed by atoms with Crippen LogP contribution in [0.15, 0.2) is 16.5 Å². The topological polar surface area (TPSA) is 50.4 Å². The molecule has 0 aliphatic heterocycles. The molecule has 0 fully saturated rings. The Kier molecular flexibility index (Phi) is 3.93. The fraction of sp³-hybridized carbons (Fsp3) is 0.438. The normalized spacial score (nSPS) is 11.1. The van der Waals surface area contributed by atoms with Gasteiger partial charge in [-0.25, -0.2) is 4.79 Å². The number of furan rings is 1. The monoisotopic (exact) mass is 260 g/mol. The van der Waals surface area contributed by atoms with Crippen molar-refractivity contribution in [1.82, 2.24) is 0 Å². The Morgan fingerprint density at radius 2 is 1.95 bits per heavy atom. The van der Waals surface area contributed by atoms with Crippen LogP contribution in [0.3, 0.4) is 0 Å². The van der Waals surface area contributed by atoms with Crippen molar-refractivity contribution < 1.29 is 14.3 Å². The molecule has 3 nitrogen and oxygen atoms in total. The smallest absolute Gasteiger partial charge is 0.371 e. The maximum absolute atomic E-state index is 11.0. The third-order valence-corrected chi connectivity index (χ3v) is 3.77. The number of aryl methyl sites for hydroxylation is 2. The van der Waals surface area contributed by atoms with Gasteiger partial charge in [-0.1, -0.05) is 19.8 Å². The highest BCUT2D eigenvalue weighted by atomic mass is 16.4. The molecule has 3 heteroatoms. The number of unbranched alkanes of at least 4 members (excludes halogenated alkanes) is 2. The first-order valence-corrected chi connectivity index (χ1v) is 6.80. The standard InChI is InChI=1S/C16H20O3/c1-4-5-6-7-12-8-14-13(11(3)10(12)2)9-15(19-14)16(17)18/h8-9H,4-7H2,1-3H3,(H,17,18). The van der Waals surface area contributed by atoms with Crippen LogP contribution >= 0.6 is 0 Å². The largest absolute Gasteiger partial charge is 0.475 e. The molecule has 0 atom stereocenters. The fourth-order valence-corrected chi connectivity index (χ4v) is 2.45. The Hall–Kier alpha value is -1.77. The average molecular weight is 260 g/mol. The minimum absolute atomic E-state index is 0.0169. The van der Waals surface area contributed by atoms with E-state index in [1.165, 1.54) is 24.0 Å². The van der Waals surface area contributed by atoms with E-state index in [1.807, 2.05) is 13.0 Å². The number of hydrogen-bond acceptors (Lipinski definition) is 2. The van der Waals surface area contributed by atoms with Crippen LogP contribution < -0.4 is 0 Å². The summed E-state index contributed by atoms with van der Waals surface area (Å²) in [4.78, 5) is 11.0. The Labute approximate surface area is 113 Å². The Morgan fingerprint density at radius 3 is 2.58 bits per heavy atom. The minimum Gasteiger partial charge on any atom is -0.475 e. The highest BCUT2D eigenvalue weighted by Crippen LogP contribution is 2.29. The summed E-state index contributed by atoms with van der Waals surface area (Å²) in [5, 5.41) is 9.91. The molecule has 0 unspecified atom stereocenters. The highest BCUT2D eigenvalue weighted by molar-refractivity contribution is 5.93. The van der Waals surface area contributed by atoms with Crippen molar-refractivity contribution in [2.75, 3.05) is 0 Å². The molecule has 0 radical (unpaired) electrons. The molecule has 2 aromatic rings. The van der Waals surface area contributed by atoms with Crippen molar-refractivity contribution in [2.45, 2.75) is 46.5 Å². The first kappa shape index (κ1) is 13.7. The molecule has 1 N–H and O–H groups in total. The van der Waals surface area contributed by atoms with Crippen molar-refractivity contribution in [3.05, 3.63) is 34.6 Å². The number of hydrogen-bond donors (Lipinski definition) is 1. The second-order valence-electron chi connectivity index (χ2n) is 5.07. The molecule has 1 heterocycles. The van der Waals surface area contributed by atoms with Gasteiger partial charge in [0.2, 0.25) is 5.76 Å². The molecule has 0 amide bonds. The van der Waals surface area contributed by atoms with Crippen LogP contribution in [-0.4, -0.2) is 11.1 Å². The van der Waals surface area contributed by atoms with Crippen LogP contribution in [0.25, 0.3) is 11.0 Å². The SMILES string of the molecule is CCCCCc1cc2oc(C(=O)O)cc2c(C)c1C. The summed E-state index contributed by atoms with van der Waals surface area (Å²) in [6, 6.07) is 3.62. The molecule has 0 aliphatic rings. The number of carboxylic acids is 1. The van der Waals surface area contributed by atoms with Crippen molar-refractivity contribution in [1.29, 1.82) is 0 Å². The van der Waals surface area contributed by atoms with Crippen LogP contribution in [0.2, 0.25) is 0 Å². The van der Waals surface area contributed by atoms with E-state index in [2.05, 4.69) is 13.8 Å². The van der Waals surface area contributed by atoms with Gasteiger partial charge in [0.05, 0.1) is 0 Å². The van der Waals surface area contributed by atoms with Crippen molar-refractivity contribution in [3.8, 4) is 0 Å². The number of rotatable bonds is 5. The molecular weight excluding hydrogens is 240 g/mol. The van der Waals surface area contributed by atoms with Crippen LogP contribution in [-0.2, 0) is 6.42 Å². The van der Waals surface area contributed by atoms with E-state index in [1.54, 1.807) is 6.07 Å². The van der Waals surface area contributed by atoms with Crippen LogP contribution in [0.1, 0.15) is 53.4 Å². The van der Waals surface area contributed by atoms with Crippen LogP contribution in [0, 0.1) is 13.8 Å². The van der Waals surface area contributed by atoms with Gasteiger partial charge in [0.15, 0.2) is 0 Å². The van der Waals surface area contributed by atoms with E-state index >= 15 is 0 Å². The number of benzene rings is 1. The van der Waals surface area contributed by atoms with Gasteiger partial charge in [0.25, 0.3) is 0 Å². The first-order chi connectivity index (χ1) is 9.04. The van der Waals surface area contributed by atoms with Crippen molar-refractivity contribution in [3.63, 3.8) is 0 Å². The molecular formula is C16H20O3. The Morgan fingerprint density at radius 1 is 1.21 bits per heavy atom. The number of aromatic carboxylic acids is 1. The molecule has 0 saturated heterocycles. The quantitative estimate of drug-likeness (QED) is 0.806.